The first-order valence-electron chi connectivity index (χ1n) is 7.08. The number of carbonyl (C=O) groups is 1. The lowest BCUT2D eigenvalue weighted by Gasteiger charge is -2.35. The highest BCUT2D eigenvalue weighted by atomic mass is 32.1. The third-order valence-electron chi connectivity index (χ3n) is 4.01. The summed E-state index contributed by atoms with van der Waals surface area (Å²) in [7, 11) is 0. The number of likely N-dealkylation sites (tertiary alicyclic amines) is 1. The molecular formula is C15H18N2O2S2. The predicted octanol–water partition coefficient (Wildman–Crippen LogP) is 3.56. The highest BCUT2D eigenvalue weighted by Gasteiger charge is 2.30. The maximum absolute atomic E-state index is 11.2. The predicted molar refractivity (Wildman–Crippen MR) is 85.7 cm³/mol. The fourth-order valence-corrected chi connectivity index (χ4v) is 4.33. The van der Waals surface area contributed by atoms with Crippen LogP contribution in [0.4, 0.5) is 0 Å². The molecule has 0 bridgehead atoms. The van der Waals surface area contributed by atoms with Crippen LogP contribution >= 0.6 is 22.7 Å². The van der Waals surface area contributed by atoms with E-state index in [1.54, 1.807) is 22.7 Å². The zero-order valence-electron chi connectivity index (χ0n) is 11.9. The lowest BCUT2D eigenvalue weighted by Crippen LogP contribution is -2.43. The molecule has 0 spiro atoms. The fraction of sp³-hybridized carbons (Fsp3) is 0.467. The second kappa shape index (κ2) is 6.25. The zero-order valence-corrected chi connectivity index (χ0v) is 13.5. The smallest absolute Gasteiger partial charge is 0.307 e. The van der Waals surface area contributed by atoms with Crippen molar-refractivity contribution in [3.8, 4) is 9.88 Å². The highest BCUT2D eigenvalue weighted by Crippen LogP contribution is 2.29. The number of nitrogens with zero attached hydrogens (tertiary/aromatic N) is 2. The molecule has 1 fully saturated rings. The van der Waals surface area contributed by atoms with Gasteiger partial charge in [0.05, 0.1) is 16.5 Å². The molecule has 1 aliphatic rings. The molecule has 2 atom stereocenters. The number of carboxylic acid groups (broad SMARTS) is 1. The minimum absolute atomic E-state index is 0.239. The number of hydrogen-bond donors (Lipinski definition) is 1. The number of aromatic nitrogens is 1. The molecule has 2 unspecified atom stereocenters. The average Bonchev–Trinajstić information content (AvgIpc) is 3.11. The lowest BCUT2D eigenvalue weighted by molar-refractivity contribution is -0.144. The van der Waals surface area contributed by atoms with E-state index in [-0.39, 0.29) is 5.92 Å². The van der Waals surface area contributed by atoms with Crippen LogP contribution < -0.4 is 0 Å². The SMILES string of the molecule is CC1CCC(C(=O)O)CN1Cc1csc(-c2cccs2)n1. The molecule has 0 amide bonds. The minimum Gasteiger partial charge on any atom is -0.481 e. The summed E-state index contributed by atoms with van der Waals surface area (Å²) in [6, 6.07) is 4.54. The average molecular weight is 322 g/mol. The molecule has 2 aromatic heterocycles. The summed E-state index contributed by atoms with van der Waals surface area (Å²) in [6.07, 6.45) is 1.73. The maximum Gasteiger partial charge on any atom is 0.307 e. The zero-order chi connectivity index (χ0) is 14.8. The Kier molecular flexibility index (Phi) is 4.37. The number of piperidine rings is 1. The molecule has 21 heavy (non-hydrogen) atoms. The Morgan fingerprint density at radius 1 is 1.48 bits per heavy atom. The highest BCUT2D eigenvalue weighted by molar-refractivity contribution is 7.20. The van der Waals surface area contributed by atoms with Crippen LogP contribution in [0.2, 0.25) is 0 Å². The van der Waals surface area contributed by atoms with E-state index in [2.05, 4.69) is 28.7 Å². The first kappa shape index (κ1) is 14.7. The second-order valence-corrected chi connectivity index (χ2v) is 7.32. The summed E-state index contributed by atoms with van der Waals surface area (Å²) in [5, 5.41) is 14.4. The Hall–Kier alpha value is -1.24. The first-order valence-corrected chi connectivity index (χ1v) is 8.84. The van der Waals surface area contributed by atoms with Gasteiger partial charge in [-0.1, -0.05) is 6.07 Å². The Morgan fingerprint density at radius 2 is 2.33 bits per heavy atom. The van der Waals surface area contributed by atoms with E-state index in [0.717, 1.165) is 30.1 Å². The van der Waals surface area contributed by atoms with Gasteiger partial charge in [0, 0.05) is 24.5 Å². The molecule has 1 saturated heterocycles. The number of rotatable bonds is 4. The van der Waals surface area contributed by atoms with Crippen molar-refractivity contribution in [2.24, 2.45) is 5.92 Å². The van der Waals surface area contributed by atoms with Crippen molar-refractivity contribution in [2.45, 2.75) is 32.4 Å². The van der Waals surface area contributed by atoms with Crippen molar-refractivity contribution in [1.29, 1.82) is 0 Å². The standard InChI is InChI=1S/C15H18N2O2S2/c1-10-4-5-11(15(18)19)7-17(10)8-12-9-21-14(16-12)13-3-2-6-20-13/h2-3,6,9-11H,4-5,7-8H2,1H3,(H,18,19). The Bertz CT molecular complexity index is 609. The van der Waals surface area contributed by atoms with E-state index < -0.39 is 5.97 Å². The van der Waals surface area contributed by atoms with Crippen LogP contribution in [0.15, 0.2) is 22.9 Å². The first-order chi connectivity index (χ1) is 10.1. The monoisotopic (exact) mass is 322 g/mol. The van der Waals surface area contributed by atoms with Gasteiger partial charge in [0.25, 0.3) is 0 Å². The van der Waals surface area contributed by atoms with Gasteiger partial charge in [0.15, 0.2) is 0 Å². The van der Waals surface area contributed by atoms with Gasteiger partial charge in [-0.2, -0.15) is 0 Å². The largest absolute Gasteiger partial charge is 0.481 e. The quantitative estimate of drug-likeness (QED) is 0.935. The summed E-state index contributed by atoms with van der Waals surface area (Å²) in [5.74, 6) is -0.916. The van der Waals surface area contributed by atoms with Crippen molar-refractivity contribution in [2.75, 3.05) is 6.54 Å². The summed E-state index contributed by atoms with van der Waals surface area (Å²) < 4.78 is 0. The van der Waals surface area contributed by atoms with Crippen LogP contribution in [-0.4, -0.2) is 33.5 Å². The van der Waals surface area contributed by atoms with Gasteiger partial charge >= 0.3 is 5.97 Å². The van der Waals surface area contributed by atoms with Gasteiger partial charge in [0.2, 0.25) is 0 Å². The second-order valence-electron chi connectivity index (χ2n) is 5.51. The van der Waals surface area contributed by atoms with Crippen LogP contribution in [0.3, 0.4) is 0 Å². The molecule has 0 aromatic carbocycles. The van der Waals surface area contributed by atoms with Crippen molar-refractivity contribution in [3.63, 3.8) is 0 Å². The summed E-state index contributed by atoms with van der Waals surface area (Å²) >= 11 is 3.36. The number of aliphatic carboxylic acids is 1. The fourth-order valence-electron chi connectivity index (χ4n) is 2.70. The molecule has 1 aliphatic heterocycles. The topological polar surface area (TPSA) is 53.4 Å². The van der Waals surface area contributed by atoms with Crippen molar-refractivity contribution < 1.29 is 9.90 Å². The van der Waals surface area contributed by atoms with Gasteiger partial charge in [-0.05, 0) is 31.2 Å². The molecule has 0 aliphatic carbocycles. The third kappa shape index (κ3) is 3.33. The molecule has 3 heterocycles. The molecule has 1 N–H and O–H groups in total. The Balaban J connectivity index is 1.69. The summed E-state index contributed by atoms with van der Waals surface area (Å²) in [5.41, 5.74) is 1.04. The van der Waals surface area contributed by atoms with Crippen LogP contribution in [0.1, 0.15) is 25.5 Å². The van der Waals surface area contributed by atoms with E-state index >= 15 is 0 Å². The summed E-state index contributed by atoms with van der Waals surface area (Å²) in [6.45, 7) is 3.54. The molecular weight excluding hydrogens is 304 g/mol. The van der Waals surface area contributed by atoms with E-state index in [9.17, 15) is 9.90 Å². The van der Waals surface area contributed by atoms with Crippen molar-refractivity contribution >= 4 is 28.6 Å². The van der Waals surface area contributed by atoms with Gasteiger partial charge in [-0.25, -0.2) is 4.98 Å². The third-order valence-corrected chi connectivity index (χ3v) is 5.94. The van der Waals surface area contributed by atoms with Crippen molar-refractivity contribution in [1.82, 2.24) is 9.88 Å². The van der Waals surface area contributed by atoms with Gasteiger partial charge < -0.3 is 5.11 Å². The van der Waals surface area contributed by atoms with Crippen LogP contribution in [0.5, 0.6) is 0 Å². The van der Waals surface area contributed by atoms with Gasteiger partial charge in [-0.15, -0.1) is 22.7 Å². The number of thiazole rings is 1. The van der Waals surface area contributed by atoms with Crippen molar-refractivity contribution in [3.05, 3.63) is 28.6 Å². The molecule has 4 nitrogen and oxygen atoms in total. The minimum atomic E-state index is -0.676. The molecule has 112 valence electrons. The molecule has 3 rings (SSSR count). The normalized spacial score (nSPS) is 23.3. The van der Waals surface area contributed by atoms with E-state index in [4.69, 9.17) is 4.98 Å². The number of hydrogen-bond acceptors (Lipinski definition) is 5. The van der Waals surface area contributed by atoms with E-state index in [1.165, 1.54) is 4.88 Å². The van der Waals surface area contributed by atoms with Gasteiger partial charge in [-0.3, -0.25) is 9.69 Å². The molecule has 2 aromatic rings. The molecule has 0 saturated carbocycles. The van der Waals surface area contributed by atoms with E-state index in [1.807, 2.05) is 6.07 Å². The lowest BCUT2D eigenvalue weighted by atomic mass is 9.93. The maximum atomic E-state index is 11.2. The molecule has 6 heteroatoms. The Morgan fingerprint density at radius 3 is 3.05 bits per heavy atom. The van der Waals surface area contributed by atoms with Crippen LogP contribution in [0, 0.1) is 5.92 Å². The van der Waals surface area contributed by atoms with E-state index in [0.29, 0.717) is 12.6 Å². The Labute approximate surface area is 132 Å². The van der Waals surface area contributed by atoms with Crippen LogP contribution in [0.25, 0.3) is 9.88 Å². The van der Waals surface area contributed by atoms with Gasteiger partial charge in [0.1, 0.15) is 5.01 Å². The number of carboxylic acids is 1. The number of thiophene rings is 1. The van der Waals surface area contributed by atoms with Crippen LogP contribution in [-0.2, 0) is 11.3 Å². The molecule has 0 radical (unpaired) electrons. The summed E-state index contributed by atoms with van der Waals surface area (Å²) in [4.78, 5) is 19.3.